The van der Waals surface area contributed by atoms with Gasteiger partial charge < -0.3 is 5.11 Å². The predicted molar refractivity (Wildman–Crippen MR) is 114 cm³/mol. The van der Waals surface area contributed by atoms with Crippen LogP contribution in [0.4, 0.5) is 0 Å². The Kier molecular flexibility index (Phi) is 5.08. The molecular formula is C23H20N2O2S. The summed E-state index contributed by atoms with van der Waals surface area (Å²) in [7, 11) is 0. The van der Waals surface area contributed by atoms with Crippen LogP contribution in [0.25, 0.3) is 21.8 Å². The van der Waals surface area contributed by atoms with E-state index in [1.165, 1.54) is 11.3 Å². The minimum absolute atomic E-state index is 0.0795. The molecule has 2 aromatic carbocycles. The van der Waals surface area contributed by atoms with Gasteiger partial charge in [0.15, 0.2) is 0 Å². The SMILES string of the molecule is Cc1nc(-c2ccccc2O)n(CCc2ccccc2)c(=O)c1-c1cccs1. The summed E-state index contributed by atoms with van der Waals surface area (Å²) in [5, 5.41) is 12.3. The molecule has 0 aliphatic heterocycles. The lowest BCUT2D eigenvalue weighted by Crippen LogP contribution is -2.26. The number of thiophene rings is 1. The zero-order valence-electron chi connectivity index (χ0n) is 15.5. The first kappa shape index (κ1) is 18.2. The van der Waals surface area contributed by atoms with Gasteiger partial charge in [-0.25, -0.2) is 4.98 Å². The van der Waals surface area contributed by atoms with Gasteiger partial charge in [0.05, 0.1) is 16.8 Å². The minimum atomic E-state index is -0.0795. The summed E-state index contributed by atoms with van der Waals surface area (Å²) in [4.78, 5) is 19.1. The highest BCUT2D eigenvalue weighted by Gasteiger charge is 2.19. The molecule has 0 saturated carbocycles. The third-order valence-electron chi connectivity index (χ3n) is 4.73. The highest BCUT2D eigenvalue weighted by atomic mass is 32.1. The number of hydrogen-bond donors (Lipinski definition) is 1. The monoisotopic (exact) mass is 388 g/mol. The number of aromatic hydroxyl groups is 1. The van der Waals surface area contributed by atoms with Crippen LogP contribution in [-0.2, 0) is 13.0 Å². The Morgan fingerprint density at radius 1 is 1.00 bits per heavy atom. The van der Waals surface area contributed by atoms with Gasteiger partial charge in [0.2, 0.25) is 0 Å². The third kappa shape index (κ3) is 3.49. The van der Waals surface area contributed by atoms with Gasteiger partial charge in [0.1, 0.15) is 11.6 Å². The van der Waals surface area contributed by atoms with Crippen molar-refractivity contribution in [3.63, 3.8) is 0 Å². The molecule has 4 rings (SSSR count). The first-order chi connectivity index (χ1) is 13.6. The van der Waals surface area contributed by atoms with Crippen molar-refractivity contribution in [3.8, 4) is 27.6 Å². The molecule has 0 amide bonds. The van der Waals surface area contributed by atoms with Gasteiger partial charge >= 0.3 is 0 Å². The van der Waals surface area contributed by atoms with Gasteiger partial charge in [0.25, 0.3) is 5.56 Å². The number of benzene rings is 2. The standard InChI is InChI=1S/C23H20N2O2S/c1-16-21(20-12-7-15-28-20)23(27)25(14-13-17-8-3-2-4-9-17)22(24-16)18-10-5-6-11-19(18)26/h2-12,15,26H,13-14H2,1H3. The summed E-state index contributed by atoms with van der Waals surface area (Å²) in [6.45, 7) is 2.33. The van der Waals surface area contributed by atoms with Crippen molar-refractivity contribution in [2.24, 2.45) is 0 Å². The molecule has 4 aromatic rings. The van der Waals surface area contributed by atoms with Crippen LogP contribution in [0, 0.1) is 6.92 Å². The Bertz CT molecular complexity index is 1150. The molecule has 1 N–H and O–H groups in total. The largest absolute Gasteiger partial charge is 0.507 e. The summed E-state index contributed by atoms with van der Waals surface area (Å²) in [5.74, 6) is 0.614. The zero-order chi connectivity index (χ0) is 19.5. The van der Waals surface area contributed by atoms with E-state index in [-0.39, 0.29) is 11.3 Å². The molecule has 5 heteroatoms. The summed E-state index contributed by atoms with van der Waals surface area (Å²) in [6.07, 6.45) is 0.704. The van der Waals surface area contributed by atoms with Crippen molar-refractivity contribution in [3.05, 3.63) is 93.7 Å². The average molecular weight is 388 g/mol. The molecule has 28 heavy (non-hydrogen) atoms. The van der Waals surface area contributed by atoms with E-state index in [4.69, 9.17) is 4.98 Å². The van der Waals surface area contributed by atoms with Crippen LogP contribution < -0.4 is 5.56 Å². The number of aromatic nitrogens is 2. The van der Waals surface area contributed by atoms with Crippen molar-refractivity contribution in [1.29, 1.82) is 0 Å². The quantitative estimate of drug-likeness (QED) is 0.529. The van der Waals surface area contributed by atoms with Crippen molar-refractivity contribution >= 4 is 11.3 Å². The molecule has 0 atom stereocenters. The first-order valence-corrected chi connectivity index (χ1v) is 10.0. The molecule has 0 spiro atoms. The lowest BCUT2D eigenvalue weighted by molar-refractivity contribution is 0.476. The summed E-state index contributed by atoms with van der Waals surface area (Å²) in [5.41, 5.74) is 2.93. The molecule has 4 nitrogen and oxygen atoms in total. The number of hydrogen-bond acceptors (Lipinski definition) is 4. The van der Waals surface area contributed by atoms with E-state index in [0.717, 1.165) is 10.4 Å². The molecule has 2 heterocycles. The topological polar surface area (TPSA) is 55.1 Å². The lowest BCUT2D eigenvalue weighted by atomic mass is 10.1. The number of aryl methyl sites for hydroxylation is 2. The first-order valence-electron chi connectivity index (χ1n) is 9.13. The molecule has 0 saturated heterocycles. The Hall–Kier alpha value is -3.18. The molecular weight excluding hydrogens is 368 g/mol. The van der Waals surface area contributed by atoms with Crippen molar-refractivity contribution in [1.82, 2.24) is 9.55 Å². The fraction of sp³-hybridized carbons (Fsp3) is 0.130. The van der Waals surface area contributed by atoms with Gasteiger partial charge in [0, 0.05) is 11.4 Å². The molecule has 0 radical (unpaired) electrons. The average Bonchev–Trinajstić information content (AvgIpc) is 3.22. The fourth-order valence-electron chi connectivity index (χ4n) is 3.33. The Labute approximate surface area is 167 Å². The second-order valence-corrected chi connectivity index (χ2v) is 7.53. The van der Waals surface area contributed by atoms with Crippen LogP contribution in [-0.4, -0.2) is 14.7 Å². The second-order valence-electron chi connectivity index (χ2n) is 6.58. The normalized spacial score (nSPS) is 10.9. The van der Waals surface area contributed by atoms with Crippen LogP contribution in [0.5, 0.6) is 5.75 Å². The van der Waals surface area contributed by atoms with E-state index in [9.17, 15) is 9.90 Å². The van der Waals surface area contributed by atoms with E-state index in [1.807, 2.05) is 60.8 Å². The Morgan fingerprint density at radius 3 is 2.46 bits per heavy atom. The van der Waals surface area contributed by atoms with E-state index in [2.05, 4.69) is 0 Å². The maximum Gasteiger partial charge on any atom is 0.262 e. The molecule has 0 bridgehead atoms. The highest BCUT2D eigenvalue weighted by Crippen LogP contribution is 2.30. The van der Waals surface area contributed by atoms with Gasteiger partial charge in [-0.15, -0.1) is 11.3 Å². The Morgan fingerprint density at radius 2 is 1.75 bits per heavy atom. The van der Waals surface area contributed by atoms with Crippen LogP contribution in [0.3, 0.4) is 0 Å². The predicted octanol–water partition coefficient (Wildman–Crippen LogP) is 4.90. The van der Waals surface area contributed by atoms with Crippen LogP contribution in [0.15, 0.2) is 76.9 Å². The van der Waals surface area contributed by atoms with Gasteiger partial charge in [-0.05, 0) is 42.5 Å². The van der Waals surface area contributed by atoms with E-state index < -0.39 is 0 Å². The molecule has 0 aliphatic carbocycles. The number of para-hydroxylation sites is 1. The van der Waals surface area contributed by atoms with E-state index in [1.54, 1.807) is 22.8 Å². The molecule has 140 valence electrons. The number of phenolic OH excluding ortho intramolecular Hbond substituents is 1. The van der Waals surface area contributed by atoms with Gasteiger partial charge in [-0.3, -0.25) is 9.36 Å². The van der Waals surface area contributed by atoms with E-state index in [0.29, 0.717) is 35.6 Å². The minimum Gasteiger partial charge on any atom is -0.507 e. The van der Waals surface area contributed by atoms with Crippen LogP contribution >= 0.6 is 11.3 Å². The molecule has 0 fully saturated rings. The smallest absolute Gasteiger partial charge is 0.262 e. The maximum absolute atomic E-state index is 13.5. The van der Waals surface area contributed by atoms with E-state index >= 15 is 0 Å². The summed E-state index contributed by atoms with van der Waals surface area (Å²) >= 11 is 1.53. The van der Waals surface area contributed by atoms with Gasteiger partial charge in [-0.2, -0.15) is 0 Å². The lowest BCUT2D eigenvalue weighted by Gasteiger charge is -2.16. The van der Waals surface area contributed by atoms with Crippen molar-refractivity contribution < 1.29 is 5.11 Å². The Balaban J connectivity index is 1.88. The number of phenols is 1. The summed E-state index contributed by atoms with van der Waals surface area (Å²) < 4.78 is 1.68. The molecule has 2 aromatic heterocycles. The molecule has 0 unspecified atom stereocenters. The third-order valence-corrected chi connectivity index (χ3v) is 5.62. The maximum atomic E-state index is 13.5. The van der Waals surface area contributed by atoms with Gasteiger partial charge in [-0.1, -0.05) is 48.5 Å². The summed E-state index contributed by atoms with van der Waals surface area (Å²) in [6, 6.07) is 20.9. The zero-order valence-corrected chi connectivity index (χ0v) is 16.3. The van der Waals surface area contributed by atoms with Crippen LogP contribution in [0.2, 0.25) is 0 Å². The molecule has 0 aliphatic rings. The fourth-order valence-corrected chi connectivity index (χ4v) is 4.14. The van der Waals surface area contributed by atoms with Crippen molar-refractivity contribution in [2.45, 2.75) is 19.9 Å². The van der Waals surface area contributed by atoms with Crippen molar-refractivity contribution in [2.75, 3.05) is 0 Å². The highest BCUT2D eigenvalue weighted by molar-refractivity contribution is 7.13. The number of rotatable bonds is 5. The number of nitrogens with zero attached hydrogens (tertiary/aromatic N) is 2. The second kappa shape index (κ2) is 7.82. The van der Waals surface area contributed by atoms with Crippen LogP contribution in [0.1, 0.15) is 11.3 Å².